The van der Waals surface area contributed by atoms with Crippen molar-refractivity contribution in [2.24, 2.45) is 5.92 Å². The molecule has 4 N–H and O–H groups in total. The van der Waals surface area contributed by atoms with E-state index in [2.05, 4.69) is 71.7 Å². The predicted octanol–water partition coefficient (Wildman–Crippen LogP) is 5.93. The third-order valence-corrected chi connectivity index (χ3v) is 11.5. The van der Waals surface area contributed by atoms with Crippen molar-refractivity contribution < 1.29 is 34.0 Å². The Balaban J connectivity index is 0.000000215. The zero-order chi connectivity index (χ0) is 39.8. The summed E-state index contributed by atoms with van der Waals surface area (Å²) in [5.41, 5.74) is 4.66. The second-order valence-electron chi connectivity index (χ2n) is 15.7. The van der Waals surface area contributed by atoms with E-state index in [9.17, 15) is 19.8 Å². The van der Waals surface area contributed by atoms with Crippen molar-refractivity contribution >= 4 is 17.9 Å². The van der Waals surface area contributed by atoms with Crippen molar-refractivity contribution in [2.75, 3.05) is 84.7 Å². The number of anilines is 1. The van der Waals surface area contributed by atoms with Gasteiger partial charge in [-0.25, -0.2) is 0 Å². The zero-order valence-corrected chi connectivity index (χ0v) is 33.8. The molecule has 3 aliphatic heterocycles. The summed E-state index contributed by atoms with van der Waals surface area (Å²) in [5, 5.41) is 26.9. The molecule has 2 fully saturated rings. The Morgan fingerprint density at radius 2 is 1.73 bits per heavy atom. The number of benzene rings is 3. The van der Waals surface area contributed by atoms with Crippen LogP contribution in [-0.4, -0.2) is 118 Å². The monoisotopic (exact) mass is 772 g/mol. The number of piperidine rings is 1. The van der Waals surface area contributed by atoms with E-state index in [0.29, 0.717) is 42.9 Å². The number of phenolic OH excluding ortho intramolecular Hbond substituents is 2. The number of amides is 1. The molecule has 6 rings (SSSR count). The van der Waals surface area contributed by atoms with Gasteiger partial charge in [-0.3, -0.25) is 4.79 Å². The number of rotatable bonds is 18. The van der Waals surface area contributed by atoms with E-state index in [1.165, 1.54) is 24.8 Å². The highest BCUT2D eigenvalue weighted by Crippen LogP contribution is 2.46. The molecule has 3 heterocycles. The molecule has 0 saturated carbocycles. The average molecular weight is 773 g/mol. The highest BCUT2D eigenvalue weighted by Gasteiger charge is 2.40. The summed E-state index contributed by atoms with van der Waals surface area (Å²) in [6, 6.07) is 20.6. The third kappa shape index (κ3) is 12.2. The lowest BCUT2D eigenvalue weighted by Crippen LogP contribution is -2.45. The quantitative estimate of drug-likeness (QED) is 0.0701. The first-order chi connectivity index (χ1) is 27.2. The van der Waals surface area contributed by atoms with E-state index in [0.717, 1.165) is 107 Å². The Kier molecular flexibility index (Phi) is 17.0. The average Bonchev–Trinajstić information content (AvgIpc) is 3.22. The number of aldehydes is 1. The molecular weight excluding hydrogens is 709 g/mol. The minimum atomic E-state index is -0.239. The number of likely N-dealkylation sites (tertiary alicyclic amines) is 1. The minimum absolute atomic E-state index is 0.00516. The number of aromatic hydroxyl groups is 2. The van der Waals surface area contributed by atoms with Crippen LogP contribution in [0.15, 0.2) is 60.7 Å². The van der Waals surface area contributed by atoms with Crippen molar-refractivity contribution in [3.8, 4) is 17.2 Å². The van der Waals surface area contributed by atoms with Gasteiger partial charge in [0, 0.05) is 49.7 Å². The maximum absolute atomic E-state index is 11.4. The molecule has 3 aromatic rings. The van der Waals surface area contributed by atoms with Gasteiger partial charge >= 0.3 is 0 Å². The van der Waals surface area contributed by atoms with Crippen molar-refractivity contribution in [3.63, 3.8) is 0 Å². The Labute approximate surface area is 333 Å². The number of hydrogen-bond donors (Lipinski definition) is 4. The Morgan fingerprint density at radius 1 is 0.982 bits per heavy atom. The van der Waals surface area contributed by atoms with Crippen LogP contribution < -0.4 is 15.4 Å². The first-order valence-corrected chi connectivity index (χ1v) is 20.6. The van der Waals surface area contributed by atoms with Gasteiger partial charge in [-0.05, 0) is 127 Å². The van der Waals surface area contributed by atoms with Gasteiger partial charge in [0.1, 0.15) is 23.5 Å². The van der Waals surface area contributed by atoms with Crippen molar-refractivity contribution in [1.82, 2.24) is 15.1 Å². The molecule has 11 heteroatoms. The molecule has 3 aliphatic rings. The summed E-state index contributed by atoms with van der Waals surface area (Å²) in [7, 11) is 2.17. The smallest absolute Gasteiger partial charge is 0.262 e. The first kappa shape index (κ1) is 43.1. The van der Waals surface area contributed by atoms with Crippen molar-refractivity contribution in [1.29, 1.82) is 0 Å². The highest BCUT2D eigenvalue weighted by atomic mass is 16.5. The molecule has 0 bridgehead atoms. The lowest BCUT2D eigenvalue weighted by Gasteiger charge is -2.44. The number of hydrogen-bond acceptors (Lipinski definition) is 10. The Morgan fingerprint density at radius 3 is 2.46 bits per heavy atom. The molecule has 0 aliphatic carbocycles. The van der Waals surface area contributed by atoms with E-state index < -0.39 is 0 Å². The summed E-state index contributed by atoms with van der Waals surface area (Å²) < 4.78 is 16.5. The topological polar surface area (TPSA) is 133 Å². The van der Waals surface area contributed by atoms with Crippen LogP contribution in [0.5, 0.6) is 17.2 Å². The SMILES string of the molecule is CC(C)N1CCC(c2ccccc2)(c2cc(CCOCCC=O)ccc2O)CC1.CN(CCNCCc1ccc(O)c2c1OCC(=O)N2)CCC1CCOCC1. The normalized spacial score (nSPS) is 17.1. The van der Waals surface area contributed by atoms with E-state index in [1.54, 1.807) is 6.07 Å². The molecule has 0 unspecified atom stereocenters. The Bertz CT molecular complexity index is 1660. The number of phenols is 2. The number of likely N-dealkylation sites (N-methyl/N-ethyl adjacent to an activating group) is 1. The predicted molar refractivity (Wildman–Crippen MR) is 221 cm³/mol. The lowest BCUT2D eigenvalue weighted by molar-refractivity contribution is -0.118. The fraction of sp³-hybridized carbons (Fsp3) is 0.556. The molecule has 0 atom stereocenters. The molecule has 306 valence electrons. The maximum Gasteiger partial charge on any atom is 0.262 e. The fourth-order valence-corrected chi connectivity index (χ4v) is 8.02. The molecule has 0 spiro atoms. The second-order valence-corrected chi connectivity index (χ2v) is 15.7. The van der Waals surface area contributed by atoms with E-state index in [1.807, 2.05) is 24.3 Å². The summed E-state index contributed by atoms with van der Waals surface area (Å²) in [6.45, 7) is 13.3. The number of carbonyl (C=O) groups is 2. The number of carbonyl (C=O) groups excluding carboxylic acids is 2. The van der Waals surface area contributed by atoms with Gasteiger partial charge in [0.05, 0.1) is 13.2 Å². The van der Waals surface area contributed by atoms with Crippen molar-refractivity contribution in [2.45, 2.75) is 76.7 Å². The van der Waals surface area contributed by atoms with Crippen LogP contribution in [0.4, 0.5) is 5.69 Å². The van der Waals surface area contributed by atoms with Crippen LogP contribution in [0, 0.1) is 5.92 Å². The molecule has 3 aromatic carbocycles. The third-order valence-electron chi connectivity index (χ3n) is 11.5. The fourth-order valence-electron chi connectivity index (χ4n) is 8.02. The van der Waals surface area contributed by atoms with Crippen LogP contribution in [0.1, 0.15) is 74.6 Å². The van der Waals surface area contributed by atoms with E-state index in [-0.39, 0.29) is 23.7 Å². The molecule has 11 nitrogen and oxygen atoms in total. The molecule has 56 heavy (non-hydrogen) atoms. The van der Waals surface area contributed by atoms with Crippen LogP contribution in [-0.2, 0) is 37.3 Å². The van der Waals surface area contributed by atoms with Crippen LogP contribution >= 0.6 is 0 Å². The van der Waals surface area contributed by atoms with Crippen LogP contribution in [0.2, 0.25) is 0 Å². The Hall–Kier alpha value is -4.00. The van der Waals surface area contributed by atoms with Gasteiger partial charge in [0.25, 0.3) is 5.91 Å². The van der Waals surface area contributed by atoms with Crippen LogP contribution in [0.3, 0.4) is 0 Å². The first-order valence-electron chi connectivity index (χ1n) is 20.6. The standard InChI is InChI=1S/C25H33NO3.C20H31N3O4/c1-20(2)26-14-12-25(13-15-26,22-7-4-3-5-8-22)23-19-21(9-10-24(23)28)11-18-29-17-6-16-27;1-23(10-5-15-6-12-26-13-7-15)11-9-21-8-4-16-2-3-17(24)19-20(16)27-14-18(25)22-19/h3-5,7-10,16,19-20,28H,6,11-15,17-18H2,1-2H3;2-3,15,21,24H,4-14H2,1H3,(H,22,25). The largest absolute Gasteiger partial charge is 0.508 e. The van der Waals surface area contributed by atoms with Gasteiger partial charge in [-0.2, -0.15) is 0 Å². The number of ether oxygens (including phenoxy) is 3. The van der Waals surface area contributed by atoms with Gasteiger partial charge in [0.15, 0.2) is 12.4 Å². The number of nitrogens with zero attached hydrogens (tertiary/aromatic N) is 2. The van der Waals surface area contributed by atoms with Crippen molar-refractivity contribution in [3.05, 3.63) is 82.9 Å². The van der Waals surface area contributed by atoms with Gasteiger partial charge in [-0.15, -0.1) is 0 Å². The summed E-state index contributed by atoms with van der Waals surface area (Å²) in [6.07, 6.45) is 8.50. The van der Waals surface area contributed by atoms with Gasteiger partial charge in [0.2, 0.25) is 0 Å². The van der Waals surface area contributed by atoms with Crippen LogP contribution in [0.25, 0.3) is 0 Å². The molecule has 2 saturated heterocycles. The highest BCUT2D eigenvalue weighted by molar-refractivity contribution is 5.97. The molecule has 0 radical (unpaired) electrons. The summed E-state index contributed by atoms with van der Waals surface area (Å²) in [4.78, 5) is 26.8. The van der Waals surface area contributed by atoms with Gasteiger partial charge in [-0.1, -0.05) is 48.5 Å². The van der Waals surface area contributed by atoms with E-state index in [4.69, 9.17) is 14.2 Å². The maximum atomic E-state index is 11.4. The summed E-state index contributed by atoms with van der Waals surface area (Å²) in [5.74, 6) is 1.58. The zero-order valence-electron chi connectivity index (χ0n) is 33.8. The minimum Gasteiger partial charge on any atom is -0.508 e. The molecular formula is C45H64N4O7. The number of fused-ring (bicyclic) bond motifs is 1. The lowest BCUT2D eigenvalue weighted by atomic mass is 9.67. The molecule has 0 aromatic heterocycles. The number of nitrogens with one attached hydrogen (secondary N) is 2. The summed E-state index contributed by atoms with van der Waals surface area (Å²) >= 11 is 0. The van der Waals surface area contributed by atoms with E-state index >= 15 is 0 Å². The molecule has 1 amide bonds. The van der Waals surface area contributed by atoms with Gasteiger partial charge < -0.3 is 49.7 Å². The second kappa shape index (κ2) is 22.1.